The minimum absolute atomic E-state index is 0. The van der Waals surface area contributed by atoms with Crippen molar-refractivity contribution in [3.8, 4) is 0 Å². The van der Waals surface area contributed by atoms with E-state index in [0.29, 0.717) is 75.8 Å². The number of hydrogen-bond donors (Lipinski definition) is 9. The van der Waals surface area contributed by atoms with Gasteiger partial charge in [-0.15, -0.1) is 0 Å². The number of amides is 10. The molecule has 0 radical (unpaired) electrons. The first kappa shape index (κ1) is 88.9. The highest BCUT2D eigenvalue weighted by Gasteiger charge is 2.65. The summed E-state index contributed by atoms with van der Waals surface area (Å²) in [6, 6.07) is 0.892. The molecule has 4 spiro atoms. The second kappa shape index (κ2) is 37.4. The smallest absolute Gasteiger partial charge is 0.446 e. The maximum absolute atomic E-state index is 13.0. The molecule has 3 aromatic heterocycles. The number of alkyl halides is 3. The number of likely N-dealkylation sites (tertiary alicyclic amines) is 7. The van der Waals surface area contributed by atoms with E-state index >= 15 is 0 Å². The number of carboxylic acids is 1. The predicted octanol–water partition coefficient (Wildman–Crippen LogP) is -0.140. The molecule has 3 aromatic rings. The number of ether oxygens (including phenoxy) is 2. The van der Waals surface area contributed by atoms with Gasteiger partial charge in [-0.1, -0.05) is 28.7 Å². The molecule has 8 aliphatic heterocycles. The number of hydrogen-bond acceptors (Lipinski definition) is 25. The first-order valence-electron chi connectivity index (χ1n) is 34.5. The highest BCUT2D eigenvalue weighted by molar-refractivity contribution is 6.02. The van der Waals surface area contributed by atoms with E-state index in [1.165, 1.54) is 24.5 Å². The molecule has 0 saturated carbocycles. The second-order valence-electron chi connectivity index (χ2n) is 28.6. The Morgan fingerprint density at radius 3 is 1.07 bits per heavy atom. The summed E-state index contributed by atoms with van der Waals surface area (Å²) < 4.78 is 42.0. The van der Waals surface area contributed by atoms with Gasteiger partial charge in [0, 0.05) is 69.3 Å². The normalized spacial score (nSPS) is 22.8. The Balaban J connectivity index is 0.000000251. The summed E-state index contributed by atoms with van der Waals surface area (Å²) in [5.74, 6) is -2.64. The van der Waals surface area contributed by atoms with E-state index in [4.69, 9.17) is 24.5 Å². The molecule has 9 N–H and O–H groups in total. The Kier molecular flexibility index (Phi) is 30.8. The van der Waals surface area contributed by atoms with E-state index in [1.807, 2.05) is 13.8 Å². The Morgan fingerprint density at radius 1 is 0.509 bits per heavy atom. The average Bonchev–Trinajstić information content (AvgIpc) is 1.47. The standard InChI is InChI=1S/C19H27N5O5.C18H25N5O4.C14H19N5O3.C14H22N2O6.C2HF3O.2CH4/c1-18(2,3)29-17(28)24-9-4-6-19(24)12-23(16(19)27)13(11-25)15(26)22-10-14-20-7-5-8-21-14;1-12(2)16(26)23-8-3-5-18(23)11-22(17(18)27)13(10-24)15(25)21-9-14-19-6-4-7-20-14;20-8-10(12(21)17-7-11-15-4-2-5-16-11)19-9-14(13(19)22)3-1-6-18-14;1-13(2,3)22-12(21)16-6-4-5-14(16)8-15(11(14)20)9(7-17)10(18)19;3-2(4,5)1-6;;/h5,7-8,13,25H,4,6,9-12H2,1-3H3,(H,22,26);4,6-7,12-13,24H,3,5,8-11H2,1-2H3,(H,21,25);2,4-5,10,18,20H,1,3,6-9H2,(H,17,21);9,17H,4-8H2,1-3H3,(H,18,19);1H;2*1H4/t13-,19?;13-,18?;10-,14?;9-,14?;;;/m0000.../s1. The number of carboxylic acid groups (broad SMARTS) is 1. The lowest BCUT2D eigenvalue weighted by molar-refractivity contribution is -0.175. The van der Waals surface area contributed by atoms with E-state index in [2.05, 4.69) is 51.2 Å². The minimum atomic E-state index is -4.64. The second-order valence-corrected chi connectivity index (χ2v) is 28.6. The molecule has 4 unspecified atom stereocenters. The highest BCUT2D eigenvalue weighted by Crippen LogP contribution is 2.44. The third-order valence-corrected chi connectivity index (χ3v) is 18.7. The van der Waals surface area contributed by atoms with Gasteiger partial charge < -0.3 is 80.8 Å². The number of aliphatic hydroxyl groups is 4. The third kappa shape index (κ3) is 20.5. The molecule has 36 nitrogen and oxygen atoms in total. The highest BCUT2D eigenvalue weighted by atomic mass is 19.4. The van der Waals surface area contributed by atoms with Crippen molar-refractivity contribution in [1.29, 1.82) is 0 Å². The zero-order valence-electron chi connectivity index (χ0n) is 60.3. The van der Waals surface area contributed by atoms with Gasteiger partial charge in [-0.2, -0.15) is 13.2 Å². The molecule has 598 valence electrons. The fourth-order valence-corrected chi connectivity index (χ4v) is 13.5. The van der Waals surface area contributed by atoms with Crippen LogP contribution in [0, 0.1) is 5.92 Å². The van der Waals surface area contributed by atoms with Crippen molar-refractivity contribution in [2.75, 3.05) is 78.8 Å². The van der Waals surface area contributed by atoms with E-state index in [9.17, 15) is 81.2 Å². The topological polar surface area (TPSA) is 473 Å². The Hall–Kier alpha value is -9.73. The lowest BCUT2D eigenvalue weighted by Gasteiger charge is -2.53. The SMILES string of the molecule is C.C.CC(C)(C)OC(=O)N1CCCC12CN([C@@H](CO)C(=O)NCc1ncccn1)C2=O.CC(C)(C)OC(=O)N1CCCC12CN([C@@H](CO)C(=O)O)C2=O.CC(C)C(=O)N1CCCC12CN([C@@H](CO)C(=O)NCc1ncccn1)C2=O.O=C(NCc1ncccn1)[C@H](CO)N1CC2(CCCN2)C1=O.O=CC(F)(F)F. The Bertz CT molecular complexity index is 3630. The number of β-lactam (4-membered cyclic amide) rings is 4. The quantitative estimate of drug-likeness (QED) is 0.0557. The molecule has 0 bridgehead atoms. The Labute approximate surface area is 623 Å². The lowest BCUT2D eigenvalue weighted by atomic mass is 9.83. The summed E-state index contributed by atoms with van der Waals surface area (Å²) in [6.45, 7) is 15.7. The molecule has 8 atom stereocenters. The van der Waals surface area contributed by atoms with E-state index in [0.717, 1.165) is 30.7 Å². The molecule has 8 aliphatic rings. The van der Waals surface area contributed by atoms with Crippen LogP contribution in [0.25, 0.3) is 0 Å². The number of aromatic nitrogens is 6. The molecule has 8 saturated heterocycles. The zero-order chi connectivity index (χ0) is 78.3. The van der Waals surface area contributed by atoms with Crippen LogP contribution in [-0.2, 0) is 77.1 Å². The van der Waals surface area contributed by atoms with E-state index in [1.54, 1.807) is 102 Å². The molecule has 0 aliphatic carbocycles. The average molecular weight is 1530 g/mol. The molecule has 8 fully saturated rings. The van der Waals surface area contributed by atoms with Gasteiger partial charge in [-0.3, -0.25) is 53.0 Å². The van der Waals surface area contributed by atoms with Crippen molar-refractivity contribution in [1.82, 2.24) is 85.5 Å². The van der Waals surface area contributed by atoms with Crippen molar-refractivity contribution in [2.24, 2.45) is 5.92 Å². The molecule has 39 heteroatoms. The van der Waals surface area contributed by atoms with Gasteiger partial charge in [0.1, 0.15) is 69.0 Å². The van der Waals surface area contributed by atoms with Crippen LogP contribution in [0.15, 0.2) is 55.4 Å². The van der Waals surface area contributed by atoms with Crippen LogP contribution in [0.2, 0.25) is 0 Å². The number of aldehydes is 1. The summed E-state index contributed by atoms with van der Waals surface area (Å²) in [4.78, 5) is 179. The third-order valence-electron chi connectivity index (χ3n) is 18.7. The zero-order valence-corrected chi connectivity index (χ0v) is 60.3. The number of nitrogens with one attached hydrogen (secondary N) is 4. The van der Waals surface area contributed by atoms with Crippen molar-refractivity contribution in [3.05, 3.63) is 72.9 Å². The first-order valence-corrected chi connectivity index (χ1v) is 34.5. The minimum Gasteiger partial charge on any atom is -0.480 e. The largest absolute Gasteiger partial charge is 0.480 e. The molecule has 11 rings (SSSR count). The van der Waals surface area contributed by atoms with Gasteiger partial charge >= 0.3 is 24.3 Å². The summed E-state index contributed by atoms with van der Waals surface area (Å²) in [5, 5.41) is 58.2. The Morgan fingerprint density at radius 2 is 0.815 bits per heavy atom. The van der Waals surface area contributed by atoms with E-state index in [-0.39, 0.29) is 83.7 Å². The van der Waals surface area contributed by atoms with Crippen LogP contribution in [0.5, 0.6) is 0 Å². The van der Waals surface area contributed by atoms with Crippen LogP contribution >= 0.6 is 0 Å². The lowest BCUT2D eigenvalue weighted by Crippen LogP contribution is -2.76. The number of aliphatic hydroxyl groups excluding tert-OH is 4. The van der Waals surface area contributed by atoms with Crippen LogP contribution < -0.4 is 21.3 Å². The van der Waals surface area contributed by atoms with Gasteiger partial charge in [0.2, 0.25) is 35.8 Å². The molecule has 0 aromatic carbocycles. The number of aliphatic carboxylic acids is 1. The number of rotatable bonds is 19. The van der Waals surface area contributed by atoms with E-state index < -0.39 is 138 Å². The number of carbonyl (C=O) groups is 12. The summed E-state index contributed by atoms with van der Waals surface area (Å²) in [5.41, 5.74) is -4.68. The number of halogens is 3. The predicted molar refractivity (Wildman–Crippen MR) is 373 cm³/mol. The van der Waals surface area contributed by atoms with Gasteiger partial charge in [-0.05, 0) is 118 Å². The number of nitrogens with zero attached hydrogens (tertiary/aromatic N) is 13. The van der Waals surface area contributed by atoms with Gasteiger partial charge in [0.25, 0.3) is 17.7 Å². The first-order chi connectivity index (χ1) is 49.9. The fraction of sp³-hybridized carbons (Fsp3) is 0.652. The summed E-state index contributed by atoms with van der Waals surface area (Å²) in [7, 11) is 0. The van der Waals surface area contributed by atoms with Crippen molar-refractivity contribution in [3.63, 3.8) is 0 Å². The molecular weight excluding hydrogens is 1430 g/mol. The molecule has 11 heterocycles. The summed E-state index contributed by atoms with van der Waals surface area (Å²) in [6.07, 6.45) is 8.10. The van der Waals surface area contributed by atoms with Crippen LogP contribution in [0.1, 0.15) is 139 Å². The summed E-state index contributed by atoms with van der Waals surface area (Å²) >= 11 is 0. The van der Waals surface area contributed by atoms with Crippen LogP contribution in [0.3, 0.4) is 0 Å². The number of carbonyl (C=O) groups excluding carboxylic acids is 11. The monoisotopic (exact) mass is 1530 g/mol. The van der Waals surface area contributed by atoms with Crippen LogP contribution in [-0.4, -0.2) is 304 Å². The van der Waals surface area contributed by atoms with Gasteiger partial charge in [-0.25, -0.2) is 44.3 Å². The van der Waals surface area contributed by atoms with Crippen LogP contribution in [0.4, 0.5) is 22.8 Å². The maximum Gasteiger partial charge on any atom is 0.446 e. The van der Waals surface area contributed by atoms with Gasteiger partial charge in [0.05, 0.1) is 65.7 Å². The maximum atomic E-state index is 13.0. The van der Waals surface area contributed by atoms with Gasteiger partial charge in [0.15, 0.2) is 6.04 Å². The molecule has 108 heavy (non-hydrogen) atoms. The molecular formula is C69H102F3N17O19. The van der Waals surface area contributed by atoms with Crippen molar-refractivity contribution < 1.29 is 106 Å². The van der Waals surface area contributed by atoms with Crippen molar-refractivity contribution in [2.45, 2.75) is 205 Å². The fourth-order valence-electron chi connectivity index (χ4n) is 13.5. The molecule has 10 amide bonds. The van der Waals surface area contributed by atoms with Crippen molar-refractivity contribution >= 4 is 71.7 Å².